The molecule has 1 unspecified atom stereocenters. The van der Waals surface area contributed by atoms with E-state index in [9.17, 15) is 24.3 Å². The highest BCUT2D eigenvalue weighted by atomic mass is 16.5. The molecular weight excluding hydrogens is 342 g/mol. The maximum atomic E-state index is 12.9. The van der Waals surface area contributed by atoms with E-state index in [4.69, 9.17) is 10.9 Å². The van der Waals surface area contributed by atoms with E-state index in [1.807, 2.05) is 0 Å². The third-order valence-corrected chi connectivity index (χ3v) is 4.91. The van der Waals surface area contributed by atoms with Crippen LogP contribution in [0.5, 0.6) is 0 Å². The van der Waals surface area contributed by atoms with Gasteiger partial charge in [0.15, 0.2) is 5.78 Å². The summed E-state index contributed by atoms with van der Waals surface area (Å²) in [5.74, 6) is -3.83. The summed E-state index contributed by atoms with van der Waals surface area (Å²) in [5, 5.41) is 20.7. The average molecular weight is 373 g/mol. The third-order valence-electron chi connectivity index (χ3n) is 4.91. The first kappa shape index (κ1) is 24.0. The summed E-state index contributed by atoms with van der Waals surface area (Å²) in [4.78, 5) is 49.2. The van der Waals surface area contributed by atoms with E-state index in [1.54, 1.807) is 27.7 Å². The van der Waals surface area contributed by atoms with Crippen LogP contribution in [-0.2, 0) is 19.2 Å². The zero-order valence-corrected chi connectivity index (χ0v) is 16.1. The minimum Gasteiger partial charge on any atom is -0.479 e. The molecule has 0 fully saturated rings. The van der Waals surface area contributed by atoms with Crippen molar-refractivity contribution in [3.05, 3.63) is 0 Å². The van der Waals surface area contributed by atoms with E-state index in [0.717, 1.165) is 0 Å². The normalized spacial score (nSPS) is 16.1. The Morgan fingerprint density at radius 3 is 1.96 bits per heavy atom. The van der Waals surface area contributed by atoms with Gasteiger partial charge in [-0.1, -0.05) is 41.0 Å². The highest BCUT2D eigenvalue weighted by molar-refractivity contribution is 6.13. The molecule has 0 bridgehead atoms. The van der Waals surface area contributed by atoms with Crippen LogP contribution in [0, 0.1) is 10.8 Å². The van der Waals surface area contributed by atoms with Gasteiger partial charge in [0, 0.05) is 18.4 Å². The maximum Gasteiger partial charge on any atom is 0.338 e. The molecule has 0 aromatic rings. The summed E-state index contributed by atoms with van der Waals surface area (Å²) in [5.41, 5.74) is 2.46. The monoisotopic (exact) mass is 373 g/mol. The number of nitrogens with one attached hydrogen (secondary N) is 2. The van der Waals surface area contributed by atoms with Crippen LogP contribution in [0.3, 0.4) is 0 Å². The molecule has 0 aliphatic carbocycles. The Labute approximate surface area is 153 Å². The Bertz CT molecular complexity index is 563. The predicted molar refractivity (Wildman–Crippen MR) is 94.2 cm³/mol. The first-order valence-corrected chi connectivity index (χ1v) is 8.60. The summed E-state index contributed by atoms with van der Waals surface area (Å²) in [7, 11) is 0. The summed E-state index contributed by atoms with van der Waals surface area (Å²) in [6, 6.07) is 0. The van der Waals surface area contributed by atoms with Crippen molar-refractivity contribution in [2.75, 3.05) is 6.54 Å². The molecule has 0 heterocycles. The van der Waals surface area contributed by atoms with Gasteiger partial charge in [-0.15, -0.1) is 0 Å². The summed E-state index contributed by atoms with van der Waals surface area (Å²) >= 11 is 0. The van der Waals surface area contributed by atoms with Gasteiger partial charge in [-0.2, -0.15) is 0 Å². The lowest BCUT2D eigenvalue weighted by molar-refractivity contribution is -0.157. The highest BCUT2D eigenvalue weighted by Crippen LogP contribution is 2.32. The second-order valence-electron chi connectivity index (χ2n) is 7.46. The van der Waals surface area contributed by atoms with E-state index in [1.165, 1.54) is 12.4 Å². The SMILES string of the molecule is CCCC(C)(CC(=O)NO)C(=O)N[C@@](CN)(C(=O)O)C(=O)C(C)(C)CC. The predicted octanol–water partition coefficient (Wildman–Crippen LogP) is 0.592. The molecule has 6 N–H and O–H groups in total. The number of nitrogens with two attached hydrogens (primary N) is 1. The zero-order valence-electron chi connectivity index (χ0n) is 16.1. The molecule has 0 saturated carbocycles. The first-order chi connectivity index (χ1) is 11.9. The maximum absolute atomic E-state index is 12.9. The Balaban J connectivity index is 5.97. The number of rotatable bonds is 11. The fourth-order valence-corrected chi connectivity index (χ4v) is 2.75. The van der Waals surface area contributed by atoms with E-state index in [2.05, 4.69) is 5.32 Å². The molecule has 26 heavy (non-hydrogen) atoms. The molecule has 2 amide bonds. The van der Waals surface area contributed by atoms with E-state index < -0.39 is 46.5 Å². The Hall–Kier alpha value is -2.00. The number of carbonyl (C=O) groups excluding carboxylic acids is 3. The van der Waals surface area contributed by atoms with Gasteiger partial charge >= 0.3 is 5.97 Å². The van der Waals surface area contributed by atoms with Gasteiger partial charge in [0.2, 0.25) is 17.4 Å². The van der Waals surface area contributed by atoms with Gasteiger partial charge in [0.1, 0.15) is 0 Å². The lowest BCUT2D eigenvalue weighted by Crippen LogP contribution is -2.68. The Morgan fingerprint density at radius 1 is 1.08 bits per heavy atom. The molecule has 9 heteroatoms. The lowest BCUT2D eigenvalue weighted by Gasteiger charge is -2.37. The second kappa shape index (κ2) is 9.09. The number of aliphatic carboxylic acids is 1. The van der Waals surface area contributed by atoms with Gasteiger partial charge in [0.05, 0.1) is 5.41 Å². The van der Waals surface area contributed by atoms with Gasteiger partial charge in [0.25, 0.3) is 0 Å². The van der Waals surface area contributed by atoms with Crippen molar-refractivity contribution in [3.63, 3.8) is 0 Å². The van der Waals surface area contributed by atoms with Crippen molar-refractivity contribution in [2.45, 2.75) is 65.8 Å². The van der Waals surface area contributed by atoms with Crippen LogP contribution < -0.4 is 16.5 Å². The van der Waals surface area contributed by atoms with E-state index >= 15 is 0 Å². The van der Waals surface area contributed by atoms with Crippen molar-refractivity contribution in [2.24, 2.45) is 16.6 Å². The number of carboxylic acid groups (broad SMARTS) is 1. The van der Waals surface area contributed by atoms with Crippen molar-refractivity contribution in [3.8, 4) is 0 Å². The van der Waals surface area contributed by atoms with Crippen molar-refractivity contribution in [1.29, 1.82) is 0 Å². The van der Waals surface area contributed by atoms with Gasteiger partial charge < -0.3 is 16.2 Å². The molecule has 2 atom stereocenters. The van der Waals surface area contributed by atoms with Crippen molar-refractivity contribution < 1.29 is 29.5 Å². The molecule has 150 valence electrons. The number of hydrogen-bond acceptors (Lipinski definition) is 6. The Morgan fingerprint density at radius 2 is 1.62 bits per heavy atom. The third kappa shape index (κ3) is 5.01. The highest BCUT2D eigenvalue weighted by Gasteiger charge is 2.53. The molecule has 0 aromatic heterocycles. The number of carbonyl (C=O) groups is 4. The average Bonchev–Trinajstić information content (AvgIpc) is 2.58. The van der Waals surface area contributed by atoms with Crippen molar-refractivity contribution in [1.82, 2.24) is 10.8 Å². The molecule has 0 aliphatic rings. The minimum atomic E-state index is -2.29. The zero-order chi connectivity index (χ0) is 20.8. The number of hydroxylamine groups is 1. The van der Waals surface area contributed by atoms with Crippen LogP contribution in [0.15, 0.2) is 0 Å². The topological polar surface area (TPSA) is 159 Å². The quantitative estimate of drug-likeness (QED) is 0.201. The standard InChI is InChI=1S/C17H31N3O6/c1-6-8-16(5,9-11(21)20-26)13(23)19-17(10-18,14(24)25)12(22)15(3,4)7-2/h26H,6-10,18H2,1-5H3,(H,19,23)(H,20,21)(H,24,25)/t16?,17-/m1/s1. The molecule has 0 rings (SSSR count). The van der Waals surface area contributed by atoms with Gasteiger partial charge in [-0.3, -0.25) is 19.6 Å². The Kier molecular flexibility index (Phi) is 8.39. The molecule has 0 radical (unpaired) electrons. The van der Waals surface area contributed by atoms with Crippen molar-refractivity contribution >= 4 is 23.6 Å². The molecule has 9 nitrogen and oxygen atoms in total. The molecular formula is C17H31N3O6. The van der Waals surface area contributed by atoms with Crippen LogP contribution in [0.4, 0.5) is 0 Å². The van der Waals surface area contributed by atoms with Crippen LogP contribution in [0.2, 0.25) is 0 Å². The molecule has 0 aliphatic heterocycles. The second-order valence-corrected chi connectivity index (χ2v) is 7.46. The number of hydrogen-bond donors (Lipinski definition) is 5. The first-order valence-electron chi connectivity index (χ1n) is 8.60. The molecule has 0 saturated heterocycles. The number of carboxylic acids is 1. The van der Waals surface area contributed by atoms with Crippen LogP contribution >= 0.6 is 0 Å². The molecule has 0 aromatic carbocycles. The van der Waals surface area contributed by atoms with Crippen LogP contribution in [-0.4, -0.2) is 46.0 Å². The minimum absolute atomic E-state index is 0.248. The van der Waals surface area contributed by atoms with Crippen LogP contribution in [0.1, 0.15) is 60.3 Å². The van der Waals surface area contributed by atoms with E-state index in [-0.39, 0.29) is 12.8 Å². The van der Waals surface area contributed by atoms with Crippen LogP contribution in [0.25, 0.3) is 0 Å². The summed E-state index contributed by atoms with van der Waals surface area (Å²) < 4.78 is 0. The largest absolute Gasteiger partial charge is 0.479 e. The van der Waals surface area contributed by atoms with E-state index in [0.29, 0.717) is 12.8 Å². The number of amides is 2. The fraction of sp³-hybridized carbons (Fsp3) is 0.765. The number of Topliss-reactive ketones (excluding diaryl/α,β-unsaturated/α-hetero) is 1. The van der Waals surface area contributed by atoms with Gasteiger partial charge in [-0.25, -0.2) is 10.3 Å². The van der Waals surface area contributed by atoms with Gasteiger partial charge in [-0.05, 0) is 12.8 Å². The summed E-state index contributed by atoms with van der Waals surface area (Å²) in [6.07, 6.45) is 0.766. The summed E-state index contributed by atoms with van der Waals surface area (Å²) in [6.45, 7) is 7.54. The fourth-order valence-electron chi connectivity index (χ4n) is 2.75. The number of ketones is 1. The lowest BCUT2D eigenvalue weighted by atomic mass is 9.73. The smallest absolute Gasteiger partial charge is 0.338 e. The molecule has 0 spiro atoms.